The van der Waals surface area contributed by atoms with E-state index in [0.29, 0.717) is 30.4 Å². The Morgan fingerprint density at radius 3 is 2.46 bits per heavy atom. The molecule has 0 aliphatic heterocycles. The predicted octanol–water partition coefficient (Wildman–Crippen LogP) is 4.63. The van der Waals surface area contributed by atoms with E-state index in [4.69, 9.17) is 4.74 Å². The third kappa shape index (κ3) is 5.30. The van der Waals surface area contributed by atoms with Crippen molar-refractivity contribution in [2.45, 2.75) is 27.3 Å². The van der Waals surface area contributed by atoms with E-state index in [2.05, 4.69) is 45.7 Å². The fourth-order valence-corrected chi connectivity index (χ4v) is 2.79. The van der Waals surface area contributed by atoms with Crippen LogP contribution in [0.1, 0.15) is 34.2 Å². The summed E-state index contributed by atoms with van der Waals surface area (Å²) in [5.41, 5.74) is 3.77. The van der Waals surface area contributed by atoms with Crippen LogP contribution in [0.15, 0.2) is 54.6 Å². The number of aryl methyl sites for hydroxylation is 2. The van der Waals surface area contributed by atoms with Gasteiger partial charge in [-0.1, -0.05) is 29.8 Å². The molecule has 0 spiro atoms. The molecule has 3 aromatic rings. The Bertz CT molecular complexity index is 955. The lowest BCUT2D eigenvalue weighted by atomic mass is 10.1. The first-order chi connectivity index (χ1) is 13.5. The summed E-state index contributed by atoms with van der Waals surface area (Å²) in [5, 5.41) is 6.59. The molecule has 144 valence electrons. The minimum Gasteiger partial charge on any atom is -0.462 e. The second-order valence-corrected chi connectivity index (χ2v) is 6.45. The Labute approximate surface area is 165 Å². The molecule has 0 aliphatic carbocycles. The van der Waals surface area contributed by atoms with Gasteiger partial charge in [0.2, 0.25) is 0 Å². The van der Waals surface area contributed by atoms with E-state index in [-0.39, 0.29) is 5.97 Å². The second-order valence-electron chi connectivity index (χ2n) is 6.45. The highest BCUT2D eigenvalue weighted by Gasteiger charge is 2.07. The van der Waals surface area contributed by atoms with Crippen LogP contribution in [0.4, 0.5) is 17.3 Å². The number of anilines is 3. The highest BCUT2D eigenvalue weighted by Crippen LogP contribution is 2.19. The number of hydrogen-bond acceptors (Lipinski definition) is 6. The normalized spacial score (nSPS) is 10.4. The SMILES string of the molecule is CCOC(=O)c1ccc(Nc2cc(NCc3cccc(C)c3)nc(C)n2)cc1. The van der Waals surface area contributed by atoms with Crippen molar-refractivity contribution in [3.05, 3.63) is 77.1 Å². The lowest BCUT2D eigenvalue weighted by Crippen LogP contribution is -2.06. The summed E-state index contributed by atoms with van der Waals surface area (Å²) < 4.78 is 5.00. The van der Waals surface area contributed by atoms with Gasteiger partial charge in [0.25, 0.3) is 0 Å². The molecular weight excluding hydrogens is 352 g/mol. The number of aromatic nitrogens is 2. The van der Waals surface area contributed by atoms with Crippen LogP contribution in [0.2, 0.25) is 0 Å². The van der Waals surface area contributed by atoms with Crippen LogP contribution < -0.4 is 10.6 Å². The molecule has 0 aliphatic rings. The molecule has 2 N–H and O–H groups in total. The minimum atomic E-state index is -0.324. The molecular formula is C22H24N4O2. The van der Waals surface area contributed by atoms with E-state index in [1.54, 1.807) is 19.1 Å². The van der Waals surface area contributed by atoms with E-state index in [1.807, 2.05) is 31.2 Å². The van der Waals surface area contributed by atoms with Crippen LogP contribution in [0, 0.1) is 13.8 Å². The van der Waals surface area contributed by atoms with Gasteiger partial charge in [-0.05, 0) is 50.6 Å². The lowest BCUT2D eigenvalue weighted by molar-refractivity contribution is 0.0526. The van der Waals surface area contributed by atoms with Gasteiger partial charge in [0.05, 0.1) is 12.2 Å². The van der Waals surface area contributed by atoms with Gasteiger partial charge in [-0.25, -0.2) is 14.8 Å². The summed E-state index contributed by atoms with van der Waals surface area (Å²) in [6.45, 7) is 6.76. The van der Waals surface area contributed by atoms with Crippen molar-refractivity contribution in [2.24, 2.45) is 0 Å². The highest BCUT2D eigenvalue weighted by atomic mass is 16.5. The van der Waals surface area contributed by atoms with Crippen molar-refractivity contribution >= 4 is 23.3 Å². The molecule has 6 heteroatoms. The van der Waals surface area contributed by atoms with Crippen LogP contribution in [0.3, 0.4) is 0 Å². The number of carbonyl (C=O) groups excluding carboxylic acids is 1. The first-order valence-electron chi connectivity index (χ1n) is 9.23. The molecule has 1 aromatic heterocycles. The Morgan fingerprint density at radius 2 is 1.75 bits per heavy atom. The van der Waals surface area contributed by atoms with Gasteiger partial charge in [0, 0.05) is 18.3 Å². The zero-order valence-corrected chi connectivity index (χ0v) is 16.3. The third-order valence-electron chi connectivity index (χ3n) is 4.06. The number of nitrogens with one attached hydrogen (secondary N) is 2. The number of benzene rings is 2. The molecule has 0 fully saturated rings. The summed E-state index contributed by atoms with van der Waals surface area (Å²) in [7, 11) is 0. The van der Waals surface area contributed by atoms with E-state index in [1.165, 1.54) is 11.1 Å². The molecule has 0 saturated carbocycles. The van der Waals surface area contributed by atoms with Gasteiger partial charge >= 0.3 is 5.97 Å². The van der Waals surface area contributed by atoms with Crippen LogP contribution in [0.25, 0.3) is 0 Å². The van der Waals surface area contributed by atoms with Gasteiger partial charge < -0.3 is 15.4 Å². The van der Waals surface area contributed by atoms with Gasteiger partial charge in [0.1, 0.15) is 17.5 Å². The Morgan fingerprint density at radius 1 is 1.00 bits per heavy atom. The first-order valence-corrected chi connectivity index (χ1v) is 9.23. The summed E-state index contributed by atoms with van der Waals surface area (Å²) in [6, 6.07) is 17.3. The molecule has 0 amide bonds. The number of esters is 1. The average Bonchev–Trinajstić information content (AvgIpc) is 2.67. The van der Waals surface area contributed by atoms with E-state index < -0.39 is 0 Å². The number of carbonyl (C=O) groups is 1. The summed E-state index contributed by atoms with van der Waals surface area (Å²) >= 11 is 0. The molecule has 2 aromatic carbocycles. The van der Waals surface area contributed by atoms with Crippen LogP contribution in [0.5, 0.6) is 0 Å². The fraction of sp³-hybridized carbons (Fsp3) is 0.227. The number of rotatable bonds is 7. The topological polar surface area (TPSA) is 76.1 Å². The average molecular weight is 376 g/mol. The standard InChI is InChI=1S/C22H24N4O2/c1-4-28-22(27)18-8-10-19(11-9-18)26-21-13-20(24-16(3)25-21)23-14-17-7-5-6-15(2)12-17/h5-13H,4,14H2,1-3H3,(H2,23,24,25,26). The van der Waals surface area contributed by atoms with Crippen molar-refractivity contribution < 1.29 is 9.53 Å². The first kappa shape index (κ1) is 19.4. The number of nitrogens with zero attached hydrogens (tertiary/aromatic N) is 2. The van der Waals surface area contributed by atoms with E-state index in [9.17, 15) is 4.79 Å². The zero-order chi connectivity index (χ0) is 19.9. The largest absolute Gasteiger partial charge is 0.462 e. The molecule has 6 nitrogen and oxygen atoms in total. The van der Waals surface area contributed by atoms with Crippen LogP contribution in [-0.4, -0.2) is 22.5 Å². The predicted molar refractivity (Wildman–Crippen MR) is 111 cm³/mol. The Kier molecular flexibility index (Phi) is 6.22. The van der Waals surface area contributed by atoms with E-state index >= 15 is 0 Å². The summed E-state index contributed by atoms with van der Waals surface area (Å²) in [6.07, 6.45) is 0. The highest BCUT2D eigenvalue weighted by molar-refractivity contribution is 5.89. The maximum Gasteiger partial charge on any atom is 0.338 e. The summed E-state index contributed by atoms with van der Waals surface area (Å²) in [4.78, 5) is 20.6. The molecule has 0 atom stereocenters. The monoisotopic (exact) mass is 376 g/mol. The maximum atomic E-state index is 11.7. The van der Waals surface area contributed by atoms with Crippen molar-refractivity contribution in [2.75, 3.05) is 17.2 Å². The Balaban J connectivity index is 1.68. The van der Waals surface area contributed by atoms with Crippen molar-refractivity contribution in [3.8, 4) is 0 Å². The number of hydrogen-bond donors (Lipinski definition) is 2. The fourth-order valence-electron chi connectivity index (χ4n) is 2.79. The van der Waals surface area contributed by atoms with E-state index in [0.717, 1.165) is 11.5 Å². The molecule has 1 heterocycles. The van der Waals surface area contributed by atoms with Crippen molar-refractivity contribution in [1.29, 1.82) is 0 Å². The summed E-state index contributed by atoms with van der Waals surface area (Å²) in [5.74, 6) is 1.78. The second kappa shape index (κ2) is 8.99. The van der Waals surface area contributed by atoms with Gasteiger partial charge in [-0.3, -0.25) is 0 Å². The molecule has 0 bridgehead atoms. The third-order valence-corrected chi connectivity index (χ3v) is 4.06. The van der Waals surface area contributed by atoms with Crippen LogP contribution >= 0.6 is 0 Å². The maximum absolute atomic E-state index is 11.7. The molecule has 28 heavy (non-hydrogen) atoms. The molecule has 0 unspecified atom stereocenters. The zero-order valence-electron chi connectivity index (χ0n) is 16.3. The smallest absolute Gasteiger partial charge is 0.338 e. The molecule has 0 radical (unpaired) electrons. The molecule has 0 saturated heterocycles. The molecule has 3 rings (SSSR count). The Hall–Kier alpha value is -3.41. The number of ether oxygens (including phenoxy) is 1. The van der Waals surface area contributed by atoms with Crippen molar-refractivity contribution in [1.82, 2.24) is 9.97 Å². The van der Waals surface area contributed by atoms with Gasteiger partial charge in [0.15, 0.2) is 0 Å². The van der Waals surface area contributed by atoms with Crippen LogP contribution in [-0.2, 0) is 11.3 Å². The van der Waals surface area contributed by atoms with Gasteiger partial charge in [-0.15, -0.1) is 0 Å². The quantitative estimate of drug-likeness (QED) is 0.586. The van der Waals surface area contributed by atoms with Gasteiger partial charge in [-0.2, -0.15) is 0 Å². The minimum absolute atomic E-state index is 0.324. The lowest BCUT2D eigenvalue weighted by Gasteiger charge is -2.11. The van der Waals surface area contributed by atoms with Crippen molar-refractivity contribution in [3.63, 3.8) is 0 Å².